The van der Waals surface area contributed by atoms with Gasteiger partial charge in [-0.1, -0.05) is 37.0 Å². The Kier molecular flexibility index (Phi) is 8.98. The van der Waals surface area contributed by atoms with Crippen molar-refractivity contribution in [2.24, 2.45) is 5.92 Å². The third-order valence-corrected chi connectivity index (χ3v) is 5.24. The molecule has 1 aliphatic heterocycles. The molecule has 2 N–H and O–H groups in total. The Labute approximate surface area is 167 Å². The summed E-state index contributed by atoms with van der Waals surface area (Å²) in [5.41, 5.74) is 1.80. The molecule has 2 rings (SSSR count). The predicted octanol–water partition coefficient (Wildman–Crippen LogP) is 3.39. The van der Waals surface area contributed by atoms with E-state index in [2.05, 4.69) is 5.32 Å². The van der Waals surface area contributed by atoms with E-state index in [1.807, 2.05) is 31.2 Å². The summed E-state index contributed by atoms with van der Waals surface area (Å²) in [6.07, 6.45) is 6.41. The van der Waals surface area contributed by atoms with Crippen LogP contribution in [0, 0.1) is 12.8 Å². The molecular weight excluding hydrogens is 356 g/mol. The smallest absolute Gasteiger partial charge is 0.303 e. The molecule has 1 aromatic rings. The maximum Gasteiger partial charge on any atom is 0.303 e. The van der Waals surface area contributed by atoms with Crippen molar-refractivity contribution in [3.8, 4) is 0 Å². The molecule has 1 heterocycles. The number of hydrogen-bond donors (Lipinski definition) is 2. The highest BCUT2D eigenvalue weighted by Gasteiger charge is 2.28. The number of unbranched alkanes of at least 4 members (excludes halogenated alkanes) is 4. The maximum atomic E-state index is 12.7. The number of aliphatic carboxylic acids is 1. The summed E-state index contributed by atoms with van der Waals surface area (Å²) < 4.78 is 0. The van der Waals surface area contributed by atoms with Crippen molar-refractivity contribution in [3.63, 3.8) is 0 Å². The Balaban J connectivity index is 1.67. The first kappa shape index (κ1) is 21.9. The van der Waals surface area contributed by atoms with Crippen molar-refractivity contribution >= 4 is 17.8 Å². The Hall–Kier alpha value is -2.37. The molecule has 0 spiro atoms. The highest BCUT2D eigenvalue weighted by molar-refractivity contribution is 5.94. The number of benzene rings is 1. The lowest BCUT2D eigenvalue weighted by Gasteiger charge is -2.32. The summed E-state index contributed by atoms with van der Waals surface area (Å²) in [4.78, 5) is 37.3. The normalized spacial score (nSPS) is 16.6. The van der Waals surface area contributed by atoms with E-state index in [1.54, 1.807) is 4.90 Å². The molecule has 1 aromatic carbocycles. The zero-order valence-electron chi connectivity index (χ0n) is 16.8. The lowest BCUT2D eigenvalue weighted by atomic mass is 9.96. The van der Waals surface area contributed by atoms with Crippen molar-refractivity contribution in [1.29, 1.82) is 0 Å². The fraction of sp³-hybridized carbons (Fsp3) is 0.591. The molecule has 6 heteroatoms. The molecule has 1 fully saturated rings. The number of likely N-dealkylation sites (tertiary alicyclic amines) is 1. The Morgan fingerprint density at radius 2 is 1.75 bits per heavy atom. The van der Waals surface area contributed by atoms with Crippen LogP contribution in [-0.2, 0) is 9.59 Å². The number of amides is 2. The van der Waals surface area contributed by atoms with E-state index in [0.717, 1.165) is 44.1 Å². The number of carboxylic acids is 1. The van der Waals surface area contributed by atoms with E-state index in [1.165, 1.54) is 0 Å². The molecule has 1 unspecified atom stereocenters. The van der Waals surface area contributed by atoms with Gasteiger partial charge < -0.3 is 15.3 Å². The summed E-state index contributed by atoms with van der Waals surface area (Å²) >= 11 is 0. The second-order valence-corrected chi connectivity index (χ2v) is 7.66. The van der Waals surface area contributed by atoms with Gasteiger partial charge in [0, 0.05) is 31.6 Å². The zero-order valence-corrected chi connectivity index (χ0v) is 16.8. The van der Waals surface area contributed by atoms with Gasteiger partial charge in [-0.05, 0) is 44.7 Å². The van der Waals surface area contributed by atoms with Crippen molar-refractivity contribution in [1.82, 2.24) is 10.2 Å². The summed E-state index contributed by atoms with van der Waals surface area (Å²) in [7, 11) is 0. The van der Waals surface area contributed by atoms with Crippen LogP contribution in [0.2, 0.25) is 0 Å². The highest BCUT2D eigenvalue weighted by Crippen LogP contribution is 2.19. The topological polar surface area (TPSA) is 86.7 Å². The van der Waals surface area contributed by atoms with Gasteiger partial charge in [0.15, 0.2) is 0 Å². The maximum absolute atomic E-state index is 12.7. The fourth-order valence-corrected chi connectivity index (χ4v) is 3.54. The third kappa shape index (κ3) is 7.33. The van der Waals surface area contributed by atoms with E-state index < -0.39 is 5.97 Å². The van der Waals surface area contributed by atoms with Gasteiger partial charge in [0.1, 0.15) is 0 Å². The van der Waals surface area contributed by atoms with Crippen molar-refractivity contribution < 1.29 is 19.5 Å². The fourth-order valence-electron chi connectivity index (χ4n) is 3.54. The van der Waals surface area contributed by atoms with Crippen LogP contribution in [0.1, 0.15) is 67.3 Å². The van der Waals surface area contributed by atoms with Gasteiger partial charge in [-0.3, -0.25) is 14.4 Å². The number of nitrogens with zero attached hydrogens (tertiary/aromatic N) is 1. The first-order valence-electron chi connectivity index (χ1n) is 10.3. The van der Waals surface area contributed by atoms with Crippen LogP contribution in [-0.4, -0.2) is 47.4 Å². The Bertz CT molecular complexity index is 657. The van der Waals surface area contributed by atoms with Crippen molar-refractivity contribution in [2.45, 2.75) is 58.3 Å². The summed E-state index contributed by atoms with van der Waals surface area (Å²) in [5.74, 6) is -0.848. The molecule has 6 nitrogen and oxygen atoms in total. The van der Waals surface area contributed by atoms with E-state index in [9.17, 15) is 14.4 Å². The number of nitrogens with one attached hydrogen (secondary N) is 1. The van der Waals surface area contributed by atoms with E-state index in [0.29, 0.717) is 31.6 Å². The zero-order chi connectivity index (χ0) is 20.4. The average molecular weight is 389 g/mol. The monoisotopic (exact) mass is 388 g/mol. The lowest BCUT2D eigenvalue weighted by Crippen LogP contribution is -2.45. The third-order valence-electron chi connectivity index (χ3n) is 5.24. The molecule has 1 saturated heterocycles. The summed E-state index contributed by atoms with van der Waals surface area (Å²) in [6.45, 7) is 3.81. The SMILES string of the molecule is Cc1ccc(C(=O)N2CCCC(C(=O)NCCCCCCCC(=O)O)C2)cc1. The first-order valence-corrected chi connectivity index (χ1v) is 10.3. The van der Waals surface area contributed by atoms with Crippen LogP contribution in [0.15, 0.2) is 24.3 Å². The van der Waals surface area contributed by atoms with Crippen molar-refractivity contribution in [3.05, 3.63) is 35.4 Å². The number of aryl methyl sites for hydroxylation is 1. The van der Waals surface area contributed by atoms with Crippen LogP contribution in [0.4, 0.5) is 0 Å². The van der Waals surface area contributed by atoms with E-state index in [-0.39, 0.29) is 24.2 Å². The minimum Gasteiger partial charge on any atom is -0.481 e. The van der Waals surface area contributed by atoms with Crippen LogP contribution in [0.5, 0.6) is 0 Å². The molecule has 0 bridgehead atoms. The number of carbonyl (C=O) groups excluding carboxylic acids is 2. The number of carboxylic acid groups (broad SMARTS) is 1. The van der Waals surface area contributed by atoms with Gasteiger partial charge in [0.25, 0.3) is 5.91 Å². The van der Waals surface area contributed by atoms with E-state index >= 15 is 0 Å². The highest BCUT2D eigenvalue weighted by atomic mass is 16.4. The number of rotatable bonds is 10. The minimum atomic E-state index is -0.741. The first-order chi connectivity index (χ1) is 13.5. The van der Waals surface area contributed by atoms with Crippen molar-refractivity contribution in [2.75, 3.05) is 19.6 Å². The molecule has 1 aliphatic rings. The standard InChI is InChI=1S/C22H32N2O4/c1-17-10-12-18(13-11-17)22(28)24-15-7-8-19(16-24)21(27)23-14-6-4-2-3-5-9-20(25)26/h10-13,19H,2-9,14-16H2,1H3,(H,23,27)(H,25,26). The number of hydrogen-bond acceptors (Lipinski definition) is 3. The molecule has 2 amide bonds. The Morgan fingerprint density at radius 3 is 2.46 bits per heavy atom. The number of piperidine rings is 1. The Morgan fingerprint density at radius 1 is 1.07 bits per heavy atom. The van der Waals surface area contributed by atoms with Crippen LogP contribution in [0.3, 0.4) is 0 Å². The van der Waals surface area contributed by atoms with Crippen LogP contribution >= 0.6 is 0 Å². The minimum absolute atomic E-state index is 0.00105. The second-order valence-electron chi connectivity index (χ2n) is 7.66. The lowest BCUT2D eigenvalue weighted by molar-refractivity contribution is -0.137. The van der Waals surface area contributed by atoms with Gasteiger partial charge in [-0.15, -0.1) is 0 Å². The summed E-state index contributed by atoms with van der Waals surface area (Å²) in [5, 5.41) is 11.6. The van der Waals surface area contributed by atoms with Crippen LogP contribution in [0.25, 0.3) is 0 Å². The largest absolute Gasteiger partial charge is 0.481 e. The predicted molar refractivity (Wildman–Crippen MR) is 108 cm³/mol. The molecule has 0 aliphatic carbocycles. The second kappa shape index (κ2) is 11.5. The van der Waals surface area contributed by atoms with Gasteiger partial charge in [0.05, 0.1) is 5.92 Å². The van der Waals surface area contributed by atoms with Gasteiger partial charge >= 0.3 is 5.97 Å². The van der Waals surface area contributed by atoms with Gasteiger partial charge in [-0.2, -0.15) is 0 Å². The molecular formula is C22H32N2O4. The van der Waals surface area contributed by atoms with E-state index in [4.69, 9.17) is 5.11 Å². The quantitative estimate of drug-likeness (QED) is 0.602. The van der Waals surface area contributed by atoms with Gasteiger partial charge in [0.2, 0.25) is 5.91 Å². The molecule has 1 atom stereocenters. The molecule has 0 saturated carbocycles. The molecule has 0 aromatic heterocycles. The molecule has 154 valence electrons. The summed E-state index contributed by atoms with van der Waals surface area (Å²) in [6, 6.07) is 7.56. The van der Waals surface area contributed by atoms with Crippen LogP contribution < -0.4 is 5.32 Å². The molecule has 0 radical (unpaired) electrons. The number of carbonyl (C=O) groups is 3. The average Bonchev–Trinajstić information content (AvgIpc) is 2.69. The molecule has 28 heavy (non-hydrogen) atoms. The van der Waals surface area contributed by atoms with Gasteiger partial charge in [-0.25, -0.2) is 0 Å².